The maximum atomic E-state index is 12.7. The van der Waals surface area contributed by atoms with Crippen LogP contribution in [0.3, 0.4) is 0 Å². The zero-order chi connectivity index (χ0) is 11.5. The van der Waals surface area contributed by atoms with Crippen LogP contribution in [0.15, 0.2) is 48.5 Å². The Hall–Kier alpha value is -1.53. The van der Waals surface area contributed by atoms with Gasteiger partial charge < -0.3 is 0 Å². The molecule has 0 aliphatic rings. The maximum Gasteiger partial charge on any atom is 0.415 e. The second-order valence-electron chi connectivity index (χ2n) is 3.61. The van der Waals surface area contributed by atoms with Gasteiger partial charge in [-0.1, -0.05) is 22.3 Å². The first-order chi connectivity index (χ1) is 7.66. The van der Waals surface area contributed by atoms with E-state index in [0.717, 1.165) is 10.9 Å². The summed E-state index contributed by atoms with van der Waals surface area (Å²) in [5.74, 6) is -0.309. The van der Waals surface area contributed by atoms with Gasteiger partial charge in [-0.05, 0) is 43.3 Å². The van der Waals surface area contributed by atoms with Gasteiger partial charge in [0.2, 0.25) is 0 Å². The first-order valence-electron chi connectivity index (χ1n) is 4.96. The van der Waals surface area contributed by atoms with Crippen LogP contribution in [0.25, 0.3) is 0 Å². The van der Waals surface area contributed by atoms with Crippen molar-refractivity contribution >= 4 is 18.4 Å². The molecule has 1 unspecified atom stereocenters. The Morgan fingerprint density at radius 1 is 0.875 bits per heavy atom. The zero-order valence-corrected chi connectivity index (χ0v) is 9.75. The molecular formula is C13H11FOP+. The minimum absolute atomic E-state index is 0.309. The van der Waals surface area contributed by atoms with Crippen molar-refractivity contribution in [1.82, 2.24) is 0 Å². The van der Waals surface area contributed by atoms with E-state index in [2.05, 4.69) is 0 Å². The Bertz CT molecular complexity index is 455. The fourth-order valence-electron chi connectivity index (χ4n) is 1.41. The molecule has 80 valence electrons. The van der Waals surface area contributed by atoms with E-state index in [1.54, 1.807) is 12.1 Å². The van der Waals surface area contributed by atoms with Crippen LogP contribution in [-0.2, 0) is 4.57 Å². The topological polar surface area (TPSA) is 17.1 Å². The number of aryl methyl sites for hydroxylation is 1. The lowest BCUT2D eigenvalue weighted by atomic mass is 10.2. The molecule has 0 aromatic heterocycles. The standard InChI is InChI=1S/C13H11FOP/c1-10-2-6-12(7-3-10)16(15)13-8-4-11(14)5-9-13/h2-9H,1H3/q+1. The fraction of sp³-hybridized carbons (Fsp3) is 0.0769. The quantitative estimate of drug-likeness (QED) is 0.729. The van der Waals surface area contributed by atoms with Crippen molar-refractivity contribution in [3.63, 3.8) is 0 Å². The molecule has 16 heavy (non-hydrogen) atoms. The van der Waals surface area contributed by atoms with Gasteiger partial charge in [0.15, 0.2) is 10.6 Å². The van der Waals surface area contributed by atoms with Gasteiger partial charge in [-0.2, -0.15) is 0 Å². The fourth-order valence-corrected chi connectivity index (χ4v) is 2.54. The highest BCUT2D eigenvalue weighted by Crippen LogP contribution is 2.19. The Balaban J connectivity index is 2.32. The van der Waals surface area contributed by atoms with Gasteiger partial charge >= 0.3 is 7.80 Å². The third kappa shape index (κ3) is 2.34. The average molecular weight is 233 g/mol. The first-order valence-corrected chi connectivity index (χ1v) is 6.22. The molecule has 0 saturated heterocycles. The summed E-state index contributed by atoms with van der Waals surface area (Å²) < 4.78 is 24.8. The molecular weight excluding hydrogens is 222 g/mol. The summed E-state index contributed by atoms with van der Waals surface area (Å²) >= 11 is 0. The molecule has 3 heteroatoms. The van der Waals surface area contributed by atoms with Gasteiger partial charge in [0.25, 0.3) is 0 Å². The van der Waals surface area contributed by atoms with E-state index >= 15 is 0 Å². The molecule has 0 spiro atoms. The molecule has 0 N–H and O–H groups in total. The molecule has 0 aliphatic heterocycles. The highest BCUT2D eigenvalue weighted by atomic mass is 31.1. The van der Waals surface area contributed by atoms with E-state index in [0.29, 0.717) is 5.30 Å². The minimum atomic E-state index is -1.61. The van der Waals surface area contributed by atoms with Gasteiger partial charge in [0.05, 0.1) is 0 Å². The van der Waals surface area contributed by atoms with Crippen LogP contribution in [0.4, 0.5) is 4.39 Å². The summed E-state index contributed by atoms with van der Waals surface area (Å²) in [7, 11) is -1.61. The predicted molar refractivity (Wildman–Crippen MR) is 64.5 cm³/mol. The highest BCUT2D eigenvalue weighted by Gasteiger charge is 2.22. The van der Waals surface area contributed by atoms with Crippen LogP contribution in [0.2, 0.25) is 0 Å². The number of hydrogen-bond acceptors (Lipinski definition) is 1. The molecule has 0 heterocycles. The van der Waals surface area contributed by atoms with E-state index < -0.39 is 7.80 Å². The SMILES string of the molecule is Cc1ccc([P+](=O)c2ccc(F)cc2)cc1. The van der Waals surface area contributed by atoms with Crippen LogP contribution >= 0.6 is 7.80 Å². The lowest BCUT2D eigenvalue weighted by molar-refractivity contribution is 0.598. The molecule has 1 atom stereocenters. The maximum absolute atomic E-state index is 12.7. The Labute approximate surface area is 94.7 Å². The monoisotopic (exact) mass is 233 g/mol. The van der Waals surface area contributed by atoms with E-state index in [1.807, 2.05) is 31.2 Å². The molecule has 0 bridgehead atoms. The third-order valence-electron chi connectivity index (χ3n) is 2.33. The van der Waals surface area contributed by atoms with E-state index in [9.17, 15) is 8.96 Å². The number of benzene rings is 2. The van der Waals surface area contributed by atoms with Crippen molar-refractivity contribution in [3.05, 3.63) is 59.9 Å². The molecule has 0 fully saturated rings. The van der Waals surface area contributed by atoms with Gasteiger partial charge in [0.1, 0.15) is 5.82 Å². The summed E-state index contributed by atoms with van der Waals surface area (Å²) in [4.78, 5) is 0. The summed E-state index contributed by atoms with van der Waals surface area (Å²) in [6, 6.07) is 13.3. The summed E-state index contributed by atoms with van der Waals surface area (Å²) in [5, 5.41) is 1.42. The highest BCUT2D eigenvalue weighted by molar-refractivity contribution is 7.61. The van der Waals surface area contributed by atoms with E-state index in [4.69, 9.17) is 0 Å². The van der Waals surface area contributed by atoms with Gasteiger partial charge in [-0.25, -0.2) is 4.39 Å². The minimum Gasteiger partial charge on any atom is -0.207 e. The molecule has 2 aromatic rings. The second-order valence-corrected chi connectivity index (χ2v) is 5.23. The Morgan fingerprint density at radius 3 is 1.81 bits per heavy atom. The van der Waals surface area contributed by atoms with Crippen molar-refractivity contribution in [2.24, 2.45) is 0 Å². The normalized spacial score (nSPS) is 11.2. The number of halogens is 1. The van der Waals surface area contributed by atoms with Crippen molar-refractivity contribution in [2.75, 3.05) is 0 Å². The lowest BCUT2D eigenvalue weighted by Crippen LogP contribution is -2.06. The molecule has 2 aromatic carbocycles. The van der Waals surface area contributed by atoms with Crippen LogP contribution in [0.1, 0.15) is 5.56 Å². The van der Waals surface area contributed by atoms with Gasteiger partial charge in [-0.3, -0.25) is 0 Å². The van der Waals surface area contributed by atoms with Gasteiger partial charge in [-0.15, -0.1) is 0 Å². The average Bonchev–Trinajstić information content (AvgIpc) is 2.30. The van der Waals surface area contributed by atoms with Crippen molar-refractivity contribution in [1.29, 1.82) is 0 Å². The zero-order valence-electron chi connectivity index (χ0n) is 8.85. The predicted octanol–water partition coefficient (Wildman–Crippen LogP) is 2.91. The number of hydrogen-bond donors (Lipinski definition) is 0. The molecule has 0 radical (unpaired) electrons. The first kappa shape index (κ1) is 11.0. The van der Waals surface area contributed by atoms with Crippen LogP contribution in [0, 0.1) is 12.7 Å². The van der Waals surface area contributed by atoms with Crippen molar-refractivity contribution in [3.8, 4) is 0 Å². The molecule has 2 rings (SSSR count). The molecule has 1 nitrogen and oxygen atoms in total. The number of rotatable bonds is 2. The largest absolute Gasteiger partial charge is 0.415 e. The summed E-state index contributed by atoms with van der Waals surface area (Å²) in [6.45, 7) is 1.98. The Morgan fingerprint density at radius 2 is 1.31 bits per heavy atom. The molecule has 0 aliphatic carbocycles. The summed E-state index contributed by atoms with van der Waals surface area (Å²) in [6.07, 6.45) is 0. The van der Waals surface area contributed by atoms with Crippen LogP contribution in [-0.4, -0.2) is 0 Å². The Kier molecular flexibility index (Phi) is 3.12. The second kappa shape index (κ2) is 4.54. The smallest absolute Gasteiger partial charge is 0.207 e. The van der Waals surface area contributed by atoms with Crippen LogP contribution < -0.4 is 10.6 Å². The molecule has 0 saturated carbocycles. The molecule has 0 amide bonds. The van der Waals surface area contributed by atoms with E-state index in [1.165, 1.54) is 12.1 Å². The van der Waals surface area contributed by atoms with Gasteiger partial charge in [0, 0.05) is 0 Å². The summed E-state index contributed by atoms with van der Waals surface area (Å²) in [5.41, 5.74) is 1.13. The van der Waals surface area contributed by atoms with E-state index in [-0.39, 0.29) is 5.82 Å². The van der Waals surface area contributed by atoms with Crippen molar-refractivity contribution < 1.29 is 8.96 Å². The third-order valence-corrected chi connectivity index (χ3v) is 3.86. The lowest BCUT2D eigenvalue weighted by Gasteiger charge is -1.91. The van der Waals surface area contributed by atoms with Crippen LogP contribution in [0.5, 0.6) is 0 Å². The van der Waals surface area contributed by atoms with Crippen molar-refractivity contribution in [2.45, 2.75) is 6.92 Å².